The van der Waals surface area contributed by atoms with Crippen LogP contribution in [0.2, 0.25) is 0 Å². The molecule has 0 aliphatic heterocycles. The molecule has 1 N–H and O–H groups in total. The predicted octanol–water partition coefficient (Wildman–Crippen LogP) is 2.63. The van der Waals surface area contributed by atoms with Gasteiger partial charge in [0, 0.05) is 13.1 Å². The van der Waals surface area contributed by atoms with E-state index in [9.17, 15) is 8.42 Å². The molecule has 23 heavy (non-hydrogen) atoms. The lowest BCUT2D eigenvalue weighted by Gasteiger charge is -2.11. The number of para-hydroxylation sites is 2. The average molecular weight is 329 g/mol. The summed E-state index contributed by atoms with van der Waals surface area (Å²) in [5, 5.41) is 0. The first-order valence-electron chi connectivity index (χ1n) is 7.46. The Kier molecular flexibility index (Phi) is 4.19. The van der Waals surface area contributed by atoms with E-state index in [4.69, 9.17) is 0 Å². The first kappa shape index (κ1) is 15.7. The fourth-order valence-corrected chi connectivity index (χ4v) is 3.97. The SMILES string of the molecule is Cc1ccccc1S(=O)(=O)NCCn1c(C)nc2ccccc21. The number of hydrogen-bond donors (Lipinski definition) is 1. The zero-order chi connectivity index (χ0) is 16.4. The average Bonchev–Trinajstić information content (AvgIpc) is 2.83. The molecule has 0 spiro atoms. The van der Waals surface area contributed by atoms with E-state index in [1.165, 1.54) is 0 Å². The summed E-state index contributed by atoms with van der Waals surface area (Å²) in [4.78, 5) is 4.81. The van der Waals surface area contributed by atoms with Crippen molar-refractivity contribution in [2.24, 2.45) is 0 Å². The molecule has 2 aromatic carbocycles. The van der Waals surface area contributed by atoms with Crippen LogP contribution >= 0.6 is 0 Å². The number of aromatic nitrogens is 2. The van der Waals surface area contributed by atoms with Gasteiger partial charge in [0.05, 0.1) is 15.9 Å². The number of aryl methyl sites for hydroxylation is 2. The molecular weight excluding hydrogens is 310 g/mol. The number of rotatable bonds is 5. The van der Waals surface area contributed by atoms with Crippen LogP contribution in [0.5, 0.6) is 0 Å². The molecule has 3 aromatic rings. The Hall–Kier alpha value is -2.18. The molecule has 3 rings (SSSR count). The van der Waals surface area contributed by atoms with Crippen molar-refractivity contribution in [2.75, 3.05) is 6.54 Å². The number of benzene rings is 2. The monoisotopic (exact) mass is 329 g/mol. The minimum Gasteiger partial charge on any atom is -0.327 e. The van der Waals surface area contributed by atoms with E-state index in [2.05, 4.69) is 9.71 Å². The van der Waals surface area contributed by atoms with Gasteiger partial charge in [0.2, 0.25) is 10.0 Å². The summed E-state index contributed by atoms with van der Waals surface area (Å²) in [6.07, 6.45) is 0. The smallest absolute Gasteiger partial charge is 0.240 e. The summed E-state index contributed by atoms with van der Waals surface area (Å²) in [5.74, 6) is 0.876. The molecular formula is C17H19N3O2S. The lowest BCUT2D eigenvalue weighted by Crippen LogP contribution is -2.28. The maximum atomic E-state index is 12.4. The molecule has 0 saturated heterocycles. The van der Waals surface area contributed by atoms with E-state index < -0.39 is 10.0 Å². The van der Waals surface area contributed by atoms with E-state index in [1.54, 1.807) is 25.1 Å². The van der Waals surface area contributed by atoms with Crippen LogP contribution in [-0.4, -0.2) is 24.5 Å². The highest BCUT2D eigenvalue weighted by Crippen LogP contribution is 2.16. The Morgan fingerprint density at radius 1 is 1.04 bits per heavy atom. The van der Waals surface area contributed by atoms with Crippen LogP contribution in [0.15, 0.2) is 53.4 Å². The molecule has 120 valence electrons. The van der Waals surface area contributed by atoms with E-state index in [0.29, 0.717) is 18.0 Å². The molecule has 0 amide bonds. The van der Waals surface area contributed by atoms with Crippen LogP contribution in [0.1, 0.15) is 11.4 Å². The molecule has 6 heteroatoms. The number of imidazole rings is 1. The van der Waals surface area contributed by atoms with Crippen LogP contribution in [0.25, 0.3) is 11.0 Å². The highest BCUT2D eigenvalue weighted by atomic mass is 32.2. The Morgan fingerprint density at radius 2 is 1.74 bits per heavy atom. The Morgan fingerprint density at radius 3 is 2.52 bits per heavy atom. The van der Waals surface area contributed by atoms with Gasteiger partial charge < -0.3 is 4.57 Å². The molecule has 0 atom stereocenters. The van der Waals surface area contributed by atoms with Crippen LogP contribution in [0.4, 0.5) is 0 Å². The molecule has 0 aliphatic rings. The van der Waals surface area contributed by atoms with Crippen molar-refractivity contribution in [3.05, 3.63) is 59.9 Å². The molecule has 1 aromatic heterocycles. The maximum Gasteiger partial charge on any atom is 0.240 e. The Balaban J connectivity index is 1.76. The van der Waals surface area contributed by atoms with Gasteiger partial charge in [0.1, 0.15) is 5.82 Å². The summed E-state index contributed by atoms with van der Waals surface area (Å²) >= 11 is 0. The summed E-state index contributed by atoms with van der Waals surface area (Å²) in [7, 11) is -3.49. The zero-order valence-corrected chi connectivity index (χ0v) is 14.0. The molecule has 0 bridgehead atoms. The second-order valence-electron chi connectivity index (χ2n) is 5.46. The zero-order valence-electron chi connectivity index (χ0n) is 13.2. The van der Waals surface area contributed by atoms with Gasteiger partial charge in [-0.1, -0.05) is 30.3 Å². The molecule has 1 heterocycles. The molecule has 0 radical (unpaired) electrons. The van der Waals surface area contributed by atoms with E-state index in [0.717, 1.165) is 22.4 Å². The number of hydrogen-bond acceptors (Lipinski definition) is 3. The summed E-state index contributed by atoms with van der Waals surface area (Å²) < 4.78 is 29.5. The minimum atomic E-state index is -3.49. The quantitative estimate of drug-likeness (QED) is 0.782. The lowest BCUT2D eigenvalue weighted by molar-refractivity contribution is 0.572. The third kappa shape index (κ3) is 3.13. The molecule has 5 nitrogen and oxygen atoms in total. The van der Waals surface area contributed by atoms with Gasteiger partial charge in [-0.25, -0.2) is 18.1 Å². The van der Waals surface area contributed by atoms with Crippen molar-refractivity contribution in [1.82, 2.24) is 14.3 Å². The van der Waals surface area contributed by atoms with Gasteiger partial charge in [-0.3, -0.25) is 0 Å². The second-order valence-corrected chi connectivity index (χ2v) is 7.20. The summed E-state index contributed by atoms with van der Waals surface area (Å²) in [6, 6.07) is 14.8. The van der Waals surface area contributed by atoms with E-state index in [-0.39, 0.29) is 0 Å². The standard InChI is InChI=1S/C17H19N3O2S/c1-13-7-3-6-10-17(13)23(21,22)18-11-12-20-14(2)19-15-8-4-5-9-16(15)20/h3-10,18H,11-12H2,1-2H3. The first-order chi connectivity index (χ1) is 11.0. The van der Waals surface area contributed by atoms with Gasteiger partial charge in [-0.2, -0.15) is 0 Å². The van der Waals surface area contributed by atoms with Gasteiger partial charge in [-0.05, 0) is 37.6 Å². The van der Waals surface area contributed by atoms with Gasteiger partial charge in [0.15, 0.2) is 0 Å². The molecule has 0 fully saturated rings. The molecule has 0 aliphatic carbocycles. The molecule has 0 unspecified atom stereocenters. The van der Waals surface area contributed by atoms with Crippen LogP contribution in [0, 0.1) is 13.8 Å². The van der Waals surface area contributed by atoms with E-state index in [1.807, 2.05) is 41.8 Å². The Labute approximate surface area is 136 Å². The maximum absolute atomic E-state index is 12.4. The fraction of sp³-hybridized carbons (Fsp3) is 0.235. The highest BCUT2D eigenvalue weighted by molar-refractivity contribution is 7.89. The summed E-state index contributed by atoms with van der Waals surface area (Å²) in [5.41, 5.74) is 2.68. The van der Waals surface area contributed by atoms with Crippen molar-refractivity contribution in [3.8, 4) is 0 Å². The van der Waals surface area contributed by atoms with Crippen molar-refractivity contribution >= 4 is 21.1 Å². The van der Waals surface area contributed by atoms with Crippen molar-refractivity contribution < 1.29 is 8.42 Å². The lowest BCUT2D eigenvalue weighted by atomic mass is 10.2. The normalized spacial score (nSPS) is 11.9. The third-order valence-corrected chi connectivity index (χ3v) is 5.48. The van der Waals surface area contributed by atoms with Crippen molar-refractivity contribution in [3.63, 3.8) is 0 Å². The largest absolute Gasteiger partial charge is 0.327 e. The van der Waals surface area contributed by atoms with Crippen LogP contribution < -0.4 is 4.72 Å². The minimum absolute atomic E-state index is 0.317. The van der Waals surface area contributed by atoms with Crippen LogP contribution in [-0.2, 0) is 16.6 Å². The van der Waals surface area contributed by atoms with Gasteiger partial charge in [0.25, 0.3) is 0 Å². The first-order valence-corrected chi connectivity index (χ1v) is 8.94. The number of nitrogens with one attached hydrogen (secondary N) is 1. The second kappa shape index (κ2) is 6.14. The molecule has 0 saturated carbocycles. The topological polar surface area (TPSA) is 64.0 Å². The fourth-order valence-electron chi connectivity index (χ4n) is 2.71. The number of fused-ring (bicyclic) bond motifs is 1. The predicted molar refractivity (Wildman–Crippen MR) is 90.8 cm³/mol. The van der Waals surface area contributed by atoms with Crippen molar-refractivity contribution in [1.29, 1.82) is 0 Å². The van der Waals surface area contributed by atoms with Gasteiger partial charge in [-0.15, -0.1) is 0 Å². The number of sulfonamides is 1. The van der Waals surface area contributed by atoms with Crippen molar-refractivity contribution in [2.45, 2.75) is 25.3 Å². The number of nitrogens with zero attached hydrogens (tertiary/aromatic N) is 2. The van der Waals surface area contributed by atoms with E-state index >= 15 is 0 Å². The Bertz CT molecular complexity index is 945. The third-order valence-electron chi connectivity index (χ3n) is 3.86. The van der Waals surface area contributed by atoms with Crippen LogP contribution in [0.3, 0.4) is 0 Å². The van der Waals surface area contributed by atoms with Gasteiger partial charge >= 0.3 is 0 Å². The highest BCUT2D eigenvalue weighted by Gasteiger charge is 2.16. The summed E-state index contributed by atoms with van der Waals surface area (Å²) in [6.45, 7) is 4.58.